The Morgan fingerprint density at radius 1 is 1.35 bits per heavy atom. The second-order valence-electron chi connectivity index (χ2n) is 4.79. The van der Waals surface area contributed by atoms with Gasteiger partial charge in [0.1, 0.15) is 12.4 Å². The molecule has 0 aromatic carbocycles. The first kappa shape index (κ1) is 14.5. The average Bonchev–Trinajstić information content (AvgIpc) is 2.57. The number of carbonyl (C=O) groups is 1. The highest BCUT2D eigenvalue weighted by atomic mass is 127. The first-order valence-electron chi connectivity index (χ1n) is 5.99. The van der Waals surface area contributed by atoms with E-state index in [4.69, 9.17) is 0 Å². The zero-order valence-corrected chi connectivity index (χ0v) is 12.6. The highest BCUT2D eigenvalue weighted by Crippen LogP contribution is 2.16. The minimum absolute atomic E-state index is 0. The number of nitrogens with zero attached hydrogens (tertiary/aromatic N) is 3. The van der Waals surface area contributed by atoms with Crippen molar-refractivity contribution in [3.63, 3.8) is 0 Å². The van der Waals surface area contributed by atoms with Crippen LogP contribution >= 0.6 is 0 Å². The van der Waals surface area contributed by atoms with Crippen molar-refractivity contribution in [1.29, 1.82) is 0 Å². The molecule has 1 fully saturated rings. The molecule has 4 nitrogen and oxygen atoms in total. The summed E-state index contributed by atoms with van der Waals surface area (Å²) in [5, 5.41) is 0. The van der Waals surface area contributed by atoms with Gasteiger partial charge in [0.05, 0.1) is 7.05 Å². The zero-order valence-electron chi connectivity index (χ0n) is 10.5. The molecule has 0 bridgehead atoms. The topological polar surface area (TPSA) is 29.1 Å². The Balaban J connectivity index is 0.00000144. The number of amides is 1. The van der Waals surface area contributed by atoms with Gasteiger partial charge in [-0.1, -0.05) is 6.92 Å². The van der Waals surface area contributed by atoms with Crippen LogP contribution in [0, 0.1) is 5.92 Å². The van der Waals surface area contributed by atoms with E-state index >= 15 is 0 Å². The molecular weight excluding hydrogens is 329 g/mol. The van der Waals surface area contributed by atoms with Crippen molar-refractivity contribution in [2.75, 3.05) is 13.1 Å². The summed E-state index contributed by atoms with van der Waals surface area (Å²) in [5.41, 5.74) is 0. The number of carbonyl (C=O) groups excluding carboxylic acids is 1. The third-order valence-corrected chi connectivity index (χ3v) is 3.28. The molecule has 1 aromatic heterocycles. The fourth-order valence-corrected chi connectivity index (χ4v) is 2.18. The molecule has 1 unspecified atom stereocenters. The van der Waals surface area contributed by atoms with Crippen LogP contribution in [0.15, 0.2) is 18.7 Å². The zero-order chi connectivity index (χ0) is 11.5. The lowest BCUT2D eigenvalue weighted by Crippen LogP contribution is -3.00. The van der Waals surface area contributed by atoms with Gasteiger partial charge in [0.25, 0.3) is 6.33 Å². The maximum Gasteiger partial charge on any atom is 0.415 e. The van der Waals surface area contributed by atoms with E-state index in [0.29, 0.717) is 0 Å². The van der Waals surface area contributed by atoms with E-state index in [9.17, 15) is 4.79 Å². The number of rotatable bonds is 0. The first-order chi connectivity index (χ1) is 7.66. The van der Waals surface area contributed by atoms with Crippen molar-refractivity contribution in [3.05, 3.63) is 18.7 Å². The Bertz CT molecular complexity index is 378. The number of aromatic nitrogens is 2. The maximum absolute atomic E-state index is 12.1. The van der Waals surface area contributed by atoms with Crippen LogP contribution < -0.4 is 28.5 Å². The number of likely N-dealkylation sites (tertiary alicyclic amines) is 1. The SMILES string of the molecule is CC1CCCN(C(=O)n2cc[n+](C)c2)CC1.[I-]. The number of hydrogen-bond acceptors (Lipinski definition) is 1. The largest absolute Gasteiger partial charge is 1.00 e. The lowest BCUT2D eigenvalue weighted by atomic mass is 10.0. The Labute approximate surface area is 120 Å². The van der Waals surface area contributed by atoms with Gasteiger partial charge in [0.15, 0.2) is 0 Å². The second-order valence-corrected chi connectivity index (χ2v) is 4.79. The monoisotopic (exact) mass is 349 g/mol. The van der Waals surface area contributed by atoms with Crippen LogP contribution in [0.4, 0.5) is 4.79 Å². The predicted octanol–water partition coefficient (Wildman–Crippen LogP) is -1.59. The van der Waals surface area contributed by atoms with E-state index in [-0.39, 0.29) is 30.0 Å². The summed E-state index contributed by atoms with van der Waals surface area (Å²) in [4.78, 5) is 14.1. The summed E-state index contributed by atoms with van der Waals surface area (Å²) < 4.78 is 3.55. The summed E-state index contributed by atoms with van der Waals surface area (Å²) in [6.45, 7) is 4.05. The Morgan fingerprint density at radius 2 is 2.12 bits per heavy atom. The van der Waals surface area contributed by atoms with Gasteiger partial charge in [0.2, 0.25) is 0 Å². The van der Waals surface area contributed by atoms with Gasteiger partial charge in [-0.25, -0.2) is 9.36 Å². The molecule has 0 aliphatic carbocycles. The number of hydrogen-bond donors (Lipinski definition) is 0. The molecule has 0 spiro atoms. The predicted molar refractivity (Wildman–Crippen MR) is 61.0 cm³/mol. The molecule has 1 amide bonds. The van der Waals surface area contributed by atoms with Crippen molar-refractivity contribution in [2.45, 2.75) is 26.2 Å². The minimum Gasteiger partial charge on any atom is -1.00 e. The van der Waals surface area contributed by atoms with Gasteiger partial charge in [-0.05, 0) is 25.2 Å². The molecular formula is C12H20IN3O. The Kier molecular flexibility index (Phi) is 5.42. The molecule has 1 aromatic rings. The number of aryl methyl sites for hydroxylation is 1. The lowest BCUT2D eigenvalue weighted by molar-refractivity contribution is -0.670. The van der Waals surface area contributed by atoms with E-state index < -0.39 is 0 Å². The Morgan fingerprint density at radius 3 is 2.76 bits per heavy atom. The molecule has 0 N–H and O–H groups in total. The molecule has 1 aliphatic heterocycles. The summed E-state index contributed by atoms with van der Waals surface area (Å²) in [5.74, 6) is 0.749. The fraction of sp³-hybridized carbons (Fsp3) is 0.667. The molecule has 1 atom stereocenters. The maximum atomic E-state index is 12.1. The van der Waals surface area contributed by atoms with Crippen molar-refractivity contribution in [3.8, 4) is 0 Å². The molecule has 1 saturated heterocycles. The van der Waals surface area contributed by atoms with Crippen molar-refractivity contribution in [1.82, 2.24) is 9.47 Å². The summed E-state index contributed by atoms with van der Waals surface area (Å²) in [6.07, 6.45) is 9.01. The van der Waals surface area contributed by atoms with Gasteiger partial charge >= 0.3 is 6.03 Å². The van der Waals surface area contributed by atoms with Crippen molar-refractivity contribution >= 4 is 6.03 Å². The van der Waals surface area contributed by atoms with E-state index in [1.807, 2.05) is 35.2 Å². The van der Waals surface area contributed by atoms with Crippen molar-refractivity contribution in [2.24, 2.45) is 13.0 Å². The third kappa shape index (κ3) is 3.69. The van der Waals surface area contributed by atoms with Crippen LogP contribution in [-0.4, -0.2) is 28.6 Å². The first-order valence-corrected chi connectivity index (χ1v) is 5.99. The second kappa shape index (κ2) is 6.37. The summed E-state index contributed by atoms with van der Waals surface area (Å²) in [6, 6.07) is 0.106. The van der Waals surface area contributed by atoms with Crippen LogP contribution in [0.5, 0.6) is 0 Å². The minimum atomic E-state index is 0. The van der Waals surface area contributed by atoms with E-state index in [1.54, 1.807) is 4.57 Å². The number of imidazole rings is 1. The highest BCUT2D eigenvalue weighted by molar-refractivity contribution is 5.76. The number of halogens is 1. The molecule has 1 aliphatic rings. The Hall–Kier alpha value is -0.590. The molecule has 2 rings (SSSR count). The van der Waals surface area contributed by atoms with Gasteiger partial charge in [-0.15, -0.1) is 0 Å². The lowest BCUT2D eigenvalue weighted by Gasteiger charge is -2.16. The van der Waals surface area contributed by atoms with Crippen LogP contribution in [0.25, 0.3) is 0 Å². The normalized spacial score (nSPS) is 20.6. The van der Waals surface area contributed by atoms with E-state index in [1.165, 1.54) is 6.42 Å². The van der Waals surface area contributed by atoms with Gasteiger partial charge < -0.3 is 28.9 Å². The summed E-state index contributed by atoms with van der Waals surface area (Å²) in [7, 11) is 1.92. The fourth-order valence-electron chi connectivity index (χ4n) is 2.18. The van der Waals surface area contributed by atoms with Gasteiger partial charge in [-0.2, -0.15) is 4.57 Å². The average molecular weight is 349 g/mol. The molecule has 17 heavy (non-hydrogen) atoms. The summed E-state index contributed by atoms with van der Waals surface area (Å²) >= 11 is 0. The van der Waals surface area contributed by atoms with Gasteiger partial charge in [0, 0.05) is 13.1 Å². The standard InChI is InChI=1S/C12H20N3O.HI/c1-11-4-3-6-14(7-5-11)12(16)15-9-8-13(2)10-15;/h8-11H,3-7H2,1-2H3;1H/q+1;/p-1. The van der Waals surface area contributed by atoms with Crippen LogP contribution in [0.3, 0.4) is 0 Å². The molecule has 2 heterocycles. The van der Waals surface area contributed by atoms with E-state index in [2.05, 4.69) is 6.92 Å². The van der Waals surface area contributed by atoms with Crippen LogP contribution in [-0.2, 0) is 7.05 Å². The smallest absolute Gasteiger partial charge is 0.415 e. The molecule has 0 saturated carbocycles. The highest BCUT2D eigenvalue weighted by Gasteiger charge is 2.23. The van der Waals surface area contributed by atoms with Gasteiger partial charge in [-0.3, -0.25) is 0 Å². The van der Waals surface area contributed by atoms with E-state index in [0.717, 1.165) is 31.8 Å². The molecule has 0 radical (unpaired) electrons. The third-order valence-electron chi connectivity index (χ3n) is 3.28. The van der Waals surface area contributed by atoms with Crippen LogP contribution in [0.1, 0.15) is 26.2 Å². The molecule has 5 heteroatoms. The van der Waals surface area contributed by atoms with Crippen molar-refractivity contribution < 1.29 is 33.3 Å². The quantitative estimate of drug-likeness (QED) is 0.410. The molecule has 96 valence electrons. The van der Waals surface area contributed by atoms with Crippen LogP contribution in [0.2, 0.25) is 0 Å².